The van der Waals surface area contributed by atoms with Crippen molar-refractivity contribution in [3.05, 3.63) is 58.4 Å². The van der Waals surface area contributed by atoms with Crippen LogP contribution in [0.15, 0.2) is 56.1 Å². The molecule has 0 fully saturated rings. The zero-order chi connectivity index (χ0) is 18.3. The lowest BCUT2D eigenvalue weighted by Gasteiger charge is -2.20. The summed E-state index contributed by atoms with van der Waals surface area (Å²) in [5.74, 6) is 0.286. The van der Waals surface area contributed by atoms with Crippen molar-refractivity contribution in [1.29, 1.82) is 0 Å². The molecule has 2 aromatic carbocycles. The maximum absolute atomic E-state index is 12.5. The molecule has 0 unspecified atom stereocenters. The minimum atomic E-state index is -0.447. The number of aryl methyl sites for hydroxylation is 1. The molecule has 0 N–H and O–H groups in total. The van der Waals surface area contributed by atoms with E-state index in [1.807, 2.05) is 43.3 Å². The number of hydrogen-bond acceptors (Lipinski definition) is 5. The molecule has 2 aromatic heterocycles. The number of oxazole rings is 1. The van der Waals surface area contributed by atoms with Gasteiger partial charge < -0.3 is 13.7 Å². The molecule has 4 aromatic rings. The summed E-state index contributed by atoms with van der Waals surface area (Å²) in [6.45, 7) is 7.98. The minimum Gasteiger partial charge on any atom is -0.436 e. The Morgan fingerprint density at radius 1 is 0.962 bits per heavy atom. The number of hydrogen-bond donors (Lipinski definition) is 0. The summed E-state index contributed by atoms with van der Waals surface area (Å²) in [6.07, 6.45) is 0. The van der Waals surface area contributed by atoms with Crippen molar-refractivity contribution >= 4 is 27.8 Å². The van der Waals surface area contributed by atoms with Crippen LogP contribution in [0.5, 0.6) is 0 Å². The molecule has 0 amide bonds. The van der Waals surface area contributed by atoms with Gasteiger partial charge in [-0.25, -0.2) is 9.78 Å². The molecule has 0 saturated heterocycles. The second-order valence-corrected chi connectivity index (χ2v) is 6.33. The molecule has 26 heavy (non-hydrogen) atoms. The maximum atomic E-state index is 12.5. The summed E-state index contributed by atoms with van der Waals surface area (Å²) in [4.78, 5) is 19.2. The largest absolute Gasteiger partial charge is 0.436 e. The molecule has 2 heterocycles. The number of fused-ring (bicyclic) bond motifs is 2. The van der Waals surface area contributed by atoms with Crippen LogP contribution in [-0.4, -0.2) is 18.1 Å². The van der Waals surface area contributed by atoms with E-state index in [1.165, 1.54) is 0 Å². The highest BCUT2D eigenvalue weighted by molar-refractivity contribution is 5.84. The van der Waals surface area contributed by atoms with Crippen LogP contribution in [0.3, 0.4) is 0 Å². The van der Waals surface area contributed by atoms with Crippen LogP contribution in [0.2, 0.25) is 0 Å². The maximum Gasteiger partial charge on any atom is 0.349 e. The van der Waals surface area contributed by atoms with Crippen LogP contribution < -0.4 is 10.5 Å². The lowest BCUT2D eigenvalue weighted by molar-refractivity contribution is 0.553. The van der Waals surface area contributed by atoms with E-state index in [1.54, 1.807) is 6.07 Å². The summed E-state index contributed by atoms with van der Waals surface area (Å²) in [7, 11) is 0. The molecule has 0 aliphatic carbocycles. The van der Waals surface area contributed by atoms with E-state index in [0.29, 0.717) is 16.7 Å². The molecular weight excluding hydrogens is 328 g/mol. The van der Waals surface area contributed by atoms with Gasteiger partial charge in [-0.15, -0.1) is 0 Å². The first-order chi connectivity index (χ1) is 12.6. The monoisotopic (exact) mass is 348 g/mol. The number of benzene rings is 2. The van der Waals surface area contributed by atoms with Gasteiger partial charge in [0.15, 0.2) is 5.58 Å². The summed E-state index contributed by atoms with van der Waals surface area (Å²) < 4.78 is 11.3. The molecule has 0 spiro atoms. The molecule has 0 bridgehead atoms. The Bertz CT molecular complexity index is 1150. The van der Waals surface area contributed by atoms with Gasteiger partial charge in [0, 0.05) is 30.2 Å². The third-order valence-electron chi connectivity index (χ3n) is 4.62. The van der Waals surface area contributed by atoms with E-state index in [2.05, 4.69) is 23.7 Å². The molecule has 5 heteroatoms. The third kappa shape index (κ3) is 2.75. The van der Waals surface area contributed by atoms with Gasteiger partial charge >= 0.3 is 5.63 Å². The Labute approximate surface area is 150 Å². The molecule has 0 saturated carbocycles. The third-order valence-corrected chi connectivity index (χ3v) is 4.62. The predicted molar refractivity (Wildman–Crippen MR) is 104 cm³/mol. The predicted octanol–water partition coefficient (Wildman–Crippen LogP) is 4.76. The molecule has 0 radical (unpaired) electrons. The first-order valence-corrected chi connectivity index (χ1v) is 8.79. The Hall–Kier alpha value is -3.08. The highest BCUT2D eigenvalue weighted by Crippen LogP contribution is 2.27. The van der Waals surface area contributed by atoms with Gasteiger partial charge in [-0.2, -0.15) is 0 Å². The van der Waals surface area contributed by atoms with Gasteiger partial charge in [-0.05, 0) is 56.7 Å². The van der Waals surface area contributed by atoms with Crippen molar-refractivity contribution < 1.29 is 8.83 Å². The Kier molecular flexibility index (Phi) is 3.99. The molecule has 4 rings (SSSR count). The van der Waals surface area contributed by atoms with Crippen LogP contribution in [0.1, 0.15) is 19.4 Å². The zero-order valence-electron chi connectivity index (χ0n) is 15.1. The first kappa shape index (κ1) is 16.4. The lowest BCUT2D eigenvalue weighted by atomic mass is 10.1. The number of rotatable bonds is 4. The van der Waals surface area contributed by atoms with Crippen LogP contribution in [0.25, 0.3) is 33.5 Å². The Morgan fingerprint density at radius 2 is 1.77 bits per heavy atom. The van der Waals surface area contributed by atoms with Crippen molar-refractivity contribution in [1.82, 2.24) is 4.98 Å². The standard InChI is InChI=1S/C21H20N2O3/c1-4-23(5-2)15-8-7-14-11-16(21(24)26-19(14)12-15)20-22-17-10-13(3)6-9-18(17)25-20/h6-12H,4-5H2,1-3H3. The van der Waals surface area contributed by atoms with Gasteiger partial charge in [-0.1, -0.05) is 6.07 Å². The van der Waals surface area contributed by atoms with Crippen LogP contribution >= 0.6 is 0 Å². The average molecular weight is 348 g/mol. The van der Waals surface area contributed by atoms with E-state index < -0.39 is 5.63 Å². The highest BCUT2D eigenvalue weighted by atomic mass is 16.4. The second kappa shape index (κ2) is 6.33. The van der Waals surface area contributed by atoms with E-state index in [-0.39, 0.29) is 5.89 Å². The van der Waals surface area contributed by atoms with Crippen molar-refractivity contribution in [2.75, 3.05) is 18.0 Å². The summed E-state index contributed by atoms with van der Waals surface area (Å²) >= 11 is 0. The zero-order valence-corrected chi connectivity index (χ0v) is 15.1. The van der Waals surface area contributed by atoms with E-state index in [0.717, 1.165) is 35.2 Å². The molecule has 132 valence electrons. The molecule has 0 aliphatic rings. The molecule has 5 nitrogen and oxygen atoms in total. The van der Waals surface area contributed by atoms with Gasteiger partial charge in [0.05, 0.1) is 0 Å². The van der Waals surface area contributed by atoms with Gasteiger partial charge in [0.1, 0.15) is 16.7 Å². The van der Waals surface area contributed by atoms with E-state index in [4.69, 9.17) is 8.83 Å². The van der Waals surface area contributed by atoms with Gasteiger partial charge in [0.25, 0.3) is 0 Å². The van der Waals surface area contributed by atoms with Crippen molar-refractivity contribution in [3.8, 4) is 11.5 Å². The fourth-order valence-corrected chi connectivity index (χ4v) is 3.19. The van der Waals surface area contributed by atoms with Gasteiger partial charge in [-0.3, -0.25) is 0 Å². The van der Waals surface area contributed by atoms with Crippen molar-refractivity contribution in [2.24, 2.45) is 0 Å². The van der Waals surface area contributed by atoms with Crippen LogP contribution in [-0.2, 0) is 0 Å². The Balaban J connectivity index is 1.84. The quantitative estimate of drug-likeness (QED) is 0.498. The lowest BCUT2D eigenvalue weighted by Crippen LogP contribution is -2.21. The van der Waals surface area contributed by atoms with Crippen molar-refractivity contribution in [3.63, 3.8) is 0 Å². The summed E-state index contributed by atoms with van der Waals surface area (Å²) in [5, 5.41) is 0.842. The highest BCUT2D eigenvalue weighted by Gasteiger charge is 2.15. The SMILES string of the molecule is CCN(CC)c1ccc2cc(-c3nc4cc(C)ccc4o3)c(=O)oc2c1. The molecular formula is C21H20N2O3. The fraction of sp³-hybridized carbons (Fsp3) is 0.238. The topological polar surface area (TPSA) is 59.5 Å². The van der Waals surface area contributed by atoms with Crippen LogP contribution in [0.4, 0.5) is 5.69 Å². The number of anilines is 1. The van der Waals surface area contributed by atoms with Crippen LogP contribution in [0, 0.1) is 6.92 Å². The summed E-state index contributed by atoms with van der Waals surface area (Å²) in [5.41, 5.74) is 3.97. The van der Waals surface area contributed by atoms with E-state index in [9.17, 15) is 4.79 Å². The fourth-order valence-electron chi connectivity index (χ4n) is 3.19. The first-order valence-electron chi connectivity index (χ1n) is 8.79. The smallest absolute Gasteiger partial charge is 0.349 e. The second-order valence-electron chi connectivity index (χ2n) is 6.33. The minimum absolute atomic E-state index is 0.286. The molecule has 0 atom stereocenters. The normalized spacial score (nSPS) is 11.3. The van der Waals surface area contributed by atoms with Gasteiger partial charge in [0.2, 0.25) is 5.89 Å². The number of aromatic nitrogens is 1. The molecule has 0 aliphatic heterocycles. The average Bonchev–Trinajstić information content (AvgIpc) is 3.05. The number of nitrogens with zero attached hydrogens (tertiary/aromatic N) is 2. The summed E-state index contributed by atoms with van der Waals surface area (Å²) in [6, 6.07) is 13.4. The van der Waals surface area contributed by atoms with E-state index >= 15 is 0 Å². The van der Waals surface area contributed by atoms with Crippen molar-refractivity contribution in [2.45, 2.75) is 20.8 Å². The Morgan fingerprint density at radius 3 is 2.54 bits per heavy atom.